The number of nitrogens with zero attached hydrogens (tertiary/aromatic N) is 3. The van der Waals surface area contributed by atoms with Crippen LogP contribution in [-0.4, -0.2) is 43.9 Å². The Kier molecular flexibility index (Phi) is 6.01. The molecule has 0 aliphatic carbocycles. The highest BCUT2D eigenvalue weighted by molar-refractivity contribution is 7.13. The summed E-state index contributed by atoms with van der Waals surface area (Å²) in [6.45, 7) is 4.46. The maximum absolute atomic E-state index is 11.9. The van der Waals surface area contributed by atoms with Gasteiger partial charge in [0, 0.05) is 24.1 Å². The number of ether oxygens (including phenoxy) is 2. The standard InChI is InChI=1S/C15H15N3O6S/c1-3-11-7-25-14(17-11)10-5-16-18(6-10)8-23-15(22)12(4-13(20)21)24-9(2)19/h3,5-7,12H,1,4,8H2,2H3,(H,20,21). The molecule has 2 aromatic rings. The molecule has 0 spiro atoms. The molecule has 1 N–H and O–H groups in total. The lowest BCUT2D eigenvalue weighted by Gasteiger charge is -2.14. The van der Waals surface area contributed by atoms with E-state index in [1.807, 2.05) is 5.38 Å². The predicted octanol–water partition coefficient (Wildman–Crippen LogP) is 1.56. The number of aliphatic carboxylic acids is 1. The Hall–Kier alpha value is -3.01. The second kappa shape index (κ2) is 8.20. The van der Waals surface area contributed by atoms with Gasteiger partial charge < -0.3 is 14.6 Å². The van der Waals surface area contributed by atoms with E-state index >= 15 is 0 Å². The lowest BCUT2D eigenvalue weighted by Crippen LogP contribution is -2.31. The van der Waals surface area contributed by atoms with Gasteiger partial charge in [0.1, 0.15) is 5.01 Å². The van der Waals surface area contributed by atoms with Gasteiger partial charge in [0.25, 0.3) is 0 Å². The quantitative estimate of drug-likeness (QED) is 0.700. The zero-order valence-corrected chi connectivity index (χ0v) is 14.1. The number of rotatable bonds is 8. The van der Waals surface area contributed by atoms with E-state index in [-0.39, 0.29) is 6.73 Å². The molecule has 0 radical (unpaired) electrons. The Balaban J connectivity index is 1.97. The van der Waals surface area contributed by atoms with Crippen molar-refractivity contribution in [3.05, 3.63) is 30.0 Å². The average Bonchev–Trinajstić information content (AvgIpc) is 3.19. The van der Waals surface area contributed by atoms with Crippen LogP contribution in [0, 0.1) is 0 Å². The van der Waals surface area contributed by atoms with E-state index in [0.717, 1.165) is 23.2 Å². The summed E-state index contributed by atoms with van der Waals surface area (Å²) in [4.78, 5) is 37.9. The topological polar surface area (TPSA) is 121 Å². The Bertz CT molecular complexity index is 781. The highest BCUT2D eigenvalue weighted by Crippen LogP contribution is 2.23. The number of aromatic nitrogens is 3. The molecular formula is C15H15N3O6S. The van der Waals surface area contributed by atoms with Crippen LogP contribution in [0.4, 0.5) is 0 Å². The van der Waals surface area contributed by atoms with Gasteiger partial charge in [0.2, 0.25) is 6.10 Å². The molecule has 132 valence electrons. The van der Waals surface area contributed by atoms with Crippen molar-refractivity contribution in [1.29, 1.82) is 0 Å². The van der Waals surface area contributed by atoms with E-state index in [1.165, 1.54) is 16.0 Å². The molecule has 2 aromatic heterocycles. The van der Waals surface area contributed by atoms with Crippen LogP contribution in [0.3, 0.4) is 0 Å². The Morgan fingerprint density at radius 2 is 2.24 bits per heavy atom. The van der Waals surface area contributed by atoms with Crippen molar-refractivity contribution in [1.82, 2.24) is 14.8 Å². The van der Waals surface area contributed by atoms with Crippen molar-refractivity contribution < 1.29 is 29.0 Å². The first-order valence-electron chi connectivity index (χ1n) is 7.05. The normalized spacial score (nSPS) is 11.6. The number of carboxylic acids is 1. The minimum atomic E-state index is -1.50. The fourth-order valence-electron chi connectivity index (χ4n) is 1.81. The number of esters is 2. The number of carbonyl (C=O) groups excluding carboxylic acids is 2. The first kappa shape index (κ1) is 18.3. The third-order valence-electron chi connectivity index (χ3n) is 2.88. The molecule has 0 aliphatic rings. The summed E-state index contributed by atoms with van der Waals surface area (Å²) in [5, 5.41) is 15.4. The lowest BCUT2D eigenvalue weighted by atomic mass is 10.2. The Morgan fingerprint density at radius 3 is 2.84 bits per heavy atom. The zero-order chi connectivity index (χ0) is 18.4. The number of carboxylic acid groups (broad SMARTS) is 1. The van der Waals surface area contributed by atoms with Gasteiger partial charge in [-0.25, -0.2) is 14.5 Å². The molecule has 0 aliphatic heterocycles. The summed E-state index contributed by atoms with van der Waals surface area (Å²) < 4.78 is 11.0. The van der Waals surface area contributed by atoms with Crippen LogP contribution in [0.1, 0.15) is 19.0 Å². The third-order valence-corrected chi connectivity index (χ3v) is 3.79. The SMILES string of the molecule is C=Cc1csc(-c2cnn(COC(=O)C(CC(=O)O)OC(C)=O)c2)n1. The second-order valence-electron chi connectivity index (χ2n) is 4.84. The Morgan fingerprint density at radius 1 is 1.48 bits per heavy atom. The predicted molar refractivity (Wildman–Crippen MR) is 87.3 cm³/mol. The molecule has 0 aromatic carbocycles. The first-order valence-corrected chi connectivity index (χ1v) is 7.93. The highest BCUT2D eigenvalue weighted by Gasteiger charge is 2.26. The summed E-state index contributed by atoms with van der Waals surface area (Å²) >= 11 is 1.42. The minimum absolute atomic E-state index is 0.254. The molecule has 1 atom stereocenters. The van der Waals surface area contributed by atoms with Crippen LogP contribution in [0.25, 0.3) is 16.6 Å². The summed E-state index contributed by atoms with van der Waals surface area (Å²) in [7, 11) is 0. The van der Waals surface area contributed by atoms with Gasteiger partial charge in [-0.05, 0) is 6.08 Å². The molecule has 0 bridgehead atoms. The fourth-order valence-corrected chi connectivity index (χ4v) is 2.59. The van der Waals surface area contributed by atoms with Crippen molar-refractivity contribution in [2.24, 2.45) is 0 Å². The molecule has 1 unspecified atom stereocenters. The van der Waals surface area contributed by atoms with E-state index in [2.05, 4.69) is 21.4 Å². The molecule has 0 amide bonds. The Labute approximate surface area is 146 Å². The number of thiazole rings is 1. The second-order valence-corrected chi connectivity index (χ2v) is 5.70. The fraction of sp³-hybridized carbons (Fsp3) is 0.267. The molecule has 0 saturated heterocycles. The minimum Gasteiger partial charge on any atom is -0.481 e. The van der Waals surface area contributed by atoms with E-state index in [1.54, 1.807) is 18.5 Å². The van der Waals surface area contributed by atoms with Crippen LogP contribution in [-0.2, 0) is 30.6 Å². The van der Waals surface area contributed by atoms with Crippen molar-refractivity contribution >= 4 is 35.3 Å². The summed E-state index contributed by atoms with van der Waals surface area (Å²) in [5.41, 5.74) is 1.48. The van der Waals surface area contributed by atoms with E-state index in [9.17, 15) is 14.4 Å². The zero-order valence-electron chi connectivity index (χ0n) is 13.2. The van der Waals surface area contributed by atoms with Gasteiger partial charge in [-0.2, -0.15) is 5.10 Å². The van der Waals surface area contributed by atoms with Crippen LogP contribution in [0.2, 0.25) is 0 Å². The lowest BCUT2D eigenvalue weighted by molar-refractivity contribution is -0.172. The van der Waals surface area contributed by atoms with Crippen molar-refractivity contribution in [2.45, 2.75) is 26.2 Å². The molecule has 2 heterocycles. The summed E-state index contributed by atoms with van der Waals surface area (Å²) in [6, 6.07) is 0. The van der Waals surface area contributed by atoms with E-state index in [4.69, 9.17) is 9.84 Å². The van der Waals surface area contributed by atoms with Crippen molar-refractivity contribution in [3.8, 4) is 10.6 Å². The monoisotopic (exact) mass is 365 g/mol. The van der Waals surface area contributed by atoms with Gasteiger partial charge in [0.15, 0.2) is 6.73 Å². The van der Waals surface area contributed by atoms with Crippen LogP contribution >= 0.6 is 11.3 Å². The maximum atomic E-state index is 11.9. The molecule has 25 heavy (non-hydrogen) atoms. The first-order chi connectivity index (χ1) is 11.9. The molecule has 10 heteroatoms. The van der Waals surface area contributed by atoms with Gasteiger partial charge in [-0.15, -0.1) is 11.3 Å². The van der Waals surface area contributed by atoms with Gasteiger partial charge in [-0.3, -0.25) is 9.59 Å². The third kappa shape index (κ3) is 5.24. The van der Waals surface area contributed by atoms with E-state index < -0.39 is 30.4 Å². The number of carbonyl (C=O) groups is 3. The van der Waals surface area contributed by atoms with Crippen LogP contribution in [0.5, 0.6) is 0 Å². The molecule has 2 rings (SSSR count). The number of hydrogen-bond donors (Lipinski definition) is 1. The van der Waals surface area contributed by atoms with Crippen LogP contribution in [0.15, 0.2) is 24.4 Å². The van der Waals surface area contributed by atoms with Crippen molar-refractivity contribution in [3.63, 3.8) is 0 Å². The largest absolute Gasteiger partial charge is 0.481 e. The molecular weight excluding hydrogens is 350 g/mol. The smallest absolute Gasteiger partial charge is 0.349 e. The molecule has 0 fully saturated rings. The summed E-state index contributed by atoms with van der Waals surface area (Å²) in [6.07, 6.45) is 2.63. The summed E-state index contributed by atoms with van der Waals surface area (Å²) in [5.74, 6) is -3.02. The van der Waals surface area contributed by atoms with Crippen molar-refractivity contribution in [2.75, 3.05) is 0 Å². The van der Waals surface area contributed by atoms with E-state index in [0.29, 0.717) is 0 Å². The number of hydrogen-bond acceptors (Lipinski definition) is 8. The molecule has 9 nitrogen and oxygen atoms in total. The maximum Gasteiger partial charge on any atom is 0.349 e. The van der Waals surface area contributed by atoms with Crippen LogP contribution < -0.4 is 0 Å². The average molecular weight is 365 g/mol. The van der Waals surface area contributed by atoms with Gasteiger partial charge in [-0.1, -0.05) is 6.58 Å². The molecule has 0 saturated carbocycles. The highest BCUT2D eigenvalue weighted by atomic mass is 32.1. The van der Waals surface area contributed by atoms with Gasteiger partial charge >= 0.3 is 17.9 Å². The van der Waals surface area contributed by atoms with Gasteiger partial charge in [0.05, 0.1) is 18.3 Å².